The quantitative estimate of drug-likeness (QED) is 0.535. The number of rotatable bonds is 8. The average Bonchev–Trinajstić information content (AvgIpc) is 2.91. The molecule has 0 spiro atoms. The number of pyridine rings is 1. The van der Waals surface area contributed by atoms with E-state index >= 15 is 0 Å². The summed E-state index contributed by atoms with van der Waals surface area (Å²) >= 11 is 0. The molecule has 2 aromatic heterocycles. The number of hydrogen-bond donors (Lipinski definition) is 1. The lowest BCUT2D eigenvalue weighted by molar-refractivity contribution is 0.0374. The highest BCUT2D eigenvalue weighted by Gasteiger charge is 2.14. The van der Waals surface area contributed by atoms with Crippen molar-refractivity contribution in [2.45, 2.75) is 12.8 Å². The van der Waals surface area contributed by atoms with Crippen molar-refractivity contribution < 1.29 is 4.74 Å². The normalized spacial score (nSPS) is 17.5. The summed E-state index contributed by atoms with van der Waals surface area (Å²) in [5.74, 6) is 0.587. The number of nitrogens with one attached hydrogen (secondary N) is 1. The van der Waals surface area contributed by atoms with Gasteiger partial charge in [-0.1, -0.05) is 0 Å². The number of aryl methyl sites for hydroxylation is 1. The van der Waals surface area contributed by atoms with Crippen LogP contribution in [0.5, 0.6) is 0 Å². The van der Waals surface area contributed by atoms with Crippen LogP contribution >= 0.6 is 0 Å². The third-order valence-corrected chi connectivity index (χ3v) is 6.78. The second-order valence-corrected chi connectivity index (χ2v) is 9.32. The third-order valence-electron chi connectivity index (χ3n) is 6.78. The fourth-order valence-electron chi connectivity index (χ4n) is 4.56. The first-order chi connectivity index (χ1) is 17.2. The predicted octanol–water partition coefficient (Wildman–Crippen LogP) is 3.30. The lowest BCUT2D eigenvalue weighted by Gasteiger charge is -2.34. The molecule has 0 bridgehead atoms. The van der Waals surface area contributed by atoms with E-state index in [0.717, 1.165) is 94.5 Å². The number of ether oxygens (including phenoxy) is 1. The van der Waals surface area contributed by atoms with Gasteiger partial charge >= 0.3 is 0 Å². The fraction of sp³-hybridized carbons (Fsp3) is 0.444. The maximum absolute atomic E-state index is 5.42. The Bertz CT molecular complexity index is 1060. The van der Waals surface area contributed by atoms with Crippen LogP contribution in [0.1, 0.15) is 12.1 Å². The zero-order valence-corrected chi connectivity index (χ0v) is 20.6. The first-order valence-corrected chi connectivity index (χ1v) is 12.6. The summed E-state index contributed by atoms with van der Waals surface area (Å²) in [4.78, 5) is 21.1. The minimum absolute atomic E-state index is 0.587. The third kappa shape index (κ3) is 6.54. The molecule has 2 aliphatic rings. The number of anilines is 3. The average molecular weight is 474 g/mol. The molecule has 35 heavy (non-hydrogen) atoms. The van der Waals surface area contributed by atoms with Crippen molar-refractivity contribution in [3.63, 3.8) is 0 Å². The van der Waals surface area contributed by atoms with Crippen LogP contribution in [-0.2, 0) is 11.2 Å². The molecule has 8 heteroatoms. The van der Waals surface area contributed by atoms with Crippen LogP contribution in [-0.4, -0.2) is 90.8 Å². The van der Waals surface area contributed by atoms with E-state index in [1.54, 1.807) is 6.20 Å². The summed E-state index contributed by atoms with van der Waals surface area (Å²) in [6.45, 7) is 9.22. The van der Waals surface area contributed by atoms with Crippen molar-refractivity contribution in [1.29, 1.82) is 0 Å². The predicted molar refractivity (Wildman–Crippen MR) is 140 cm³/mol. The van der Waals surface area contributed by atoms with Crippen molar-refractivity contribution >= 4 is 17.3 Å². The molecule has 2 aliphatic heterocycles. The Morgan fingerprint density at radius 2 is 1.69 bits per heavy atom. The molecule has 2 saturated heterocycles. The minimum Gasteiger partial charge on any atom is -0.379 e. The maximum Gasteiger partial charge on any atom is 0.227 e. The highest BCUT2D eigenvalue weighted by molar-refractivity contribution is 5.63. The second kappa shape index (κ2) is 11.6. The summed E-state index contributed by atoms with van der Waals surface area (Å²) in [7, 11) is 2.18. The van der Waals surface area contributed by atoms with E-state index in [0.29, 0.717) is 5.95 Å². The Labute approximate surface area is 208 Å². The van der Waals surface area contributed by atoms with Gasteiger partial charge in [0.15, 0.2) is 0 Å². The second-order valence-electron chi connectivity index (χ2n) is 9.32. The Kier molecular flexibility index (Phi) is 7.82. The number of likely N-dealkylation sites (N-methyl/N-ethyl adjacent to an activating group) is 1. The minimum atomic E-state index is 0.587. The topological polar surface area (TPSA) is 69.7 Å². The van der Waals surface area contributed by atoms with E-state index in [1.807, 2.05) is 12.3 Å². The smallest absolute Gasteiger partial charge is 0.227 e. The largest absolute Gasteiger partial charge is 0.379 e. The SMILES string of the molecule is CN1CCN(c2ccc(Nc3nccc(-c4ccc(CCCN5CCOCC5)nc4)n3)cc2)CC1. The van der Waals surface area contributed by atoms with Gasteiger partial charge in [-0.15, -0.1) is 0 Å². The number of morpholine rings is 1. The number of nitrogens with zero attached hydrogens (tertiary/aromatic N) is 6. The maximum atomic E-state index is 5.42. The first-order valence-electron chi connectivity index (χ1n) is 12.6. The van der Waals surface area contributed by atoms with Crippen molar-refractivity contribution in [1.82, 2.24) is 24.8 Å². The summed E-state index contributed by atoms with van der Waals surface area (Å²) < 4.78 is 5.42. The zero-order chi connectivity index (χ0) is 23.9. The molecule has 0 aliphatic carbocycles. The Balaban J connectivity index is 1.16. The lowest BCUT2D eigenvalue weighted by Crippen LogP contribution is -2.44. The van der Waals surface area contributed by atoms with Gasteiger partial charge in [-0.2, -0.15) is 0 Å². The molecular weight excluding hydrogens is 438 g/mol. The molecule has 0 saturated carbocycles. The van der Waals surface area contributed by atoms with Gasteiger partial charge in [0.2, 0.25) is 5.95 Å². The number of piperazine rings is 1. The molecule has 5 rings (SSSR count). The van der Waals surface area contributed by atoms with E-state index in [4.69, 9.17) is 9.72 Å². The molecule has 0 amide bonds. The van der Waals surface area contributed by atoms with E-state index < -0.39 is 0 Å². The zero-order valence-electron chi connectivity index (χ0n) is 20.6. The molecule has 0 unspecified atom stereocenters. The summed E-state index contributed by atoms with van der Waals surface area (Å²) in [6.07, 6.45) is 5.81. The number of aromatic nitrogens is 3. The van der Waals surface area contributed by atoms with Gasteiger partial charge in [-0.3, -0.25) is 9.88 Å². The van der Waals surface area contributed by atoms with Crippen molar-refractivity contribution in [2.24, 2.45) is 0 Å². The fourth-order valence-corrected chi connectivity index (χ4v) is 4.56. The van der Waals surface area contributed by atoms with Crippen LogP contribution in [0.15, 0.2) is 54.9 Å². The van der Waals surface area contributed by atoms with Gasteiger partial charge in [-0.05, 0) is 68.9 Å². The van der Waals surface area contributed by atoms with Crippen LogP contribution in [0.3, 0.4) is 0 Å². The van der Waals surface area contributed by atoms with Crippen molar-refractivity contribution in [2.75, 3.05) is 76.3 Å². The number of hydrogen-bond acceptors (Lipinski definition) is 8. The van der Waals surface area contributed by atoms with Gasteiger partial charge in [0.05, 0.1) is 18.9 Å². The van der Waals surface area contributed by atoms with Gasteiger partial charge in [0.1, 0.15) is 0 Å². The molecule has 0 atom stereocenters. The van der Waals surface area contributed by atoms with Gasteiger partial charge in [0, 0.05) is 74.3 Å². The Hall–Kier alpha value is -3.07. The van der Waals surface area contributed by atoms with Gasteiger partial charge in [-0.25, -0.2) is 9.97 Å². The highest BCUT2D eigenvalue weighted by atomic mass is 16.5. The molecule has 1 N–H and O–H groups in total. The molecule has 3 aromatic rings. The Morgan fingerprint density at radius 1 is 0.886 bits per heavy atom. The van der Waals surface area contributed by atoms with Gasteiger partial charge < -0.3 is 19.9 Å². The van der Waals surface area contributed by atoms with Crippen LogP contribution in [0.25, 0.3) is 11.3 Å². The Morgan fingerprint density at radius 3 is 2.43 bits per heavy atom. The van der Waals surface area contributed by atoms with Crippen LogP contribution in [0.4, 0.5) is 17.3 Å². The number of benzene rings is 1. The molecule has 4 heterocycles. The van der Waals surface area contributed by atoms with Gasteiger partial charge in [0.25, 0.3) is 0 Å². The van der Waals surface area contributed by atoms with E-state index in [1.165, 1.54) is 5.69 Å². The van der Waals surface area contributed by atoms with Crippen LogP contribution in [0.2, 0.25) is 0 Å². The van der Waals surface area contributed by atoms with Crippen LogP contribution in [0, 0.1) is 0 Å². The van der Waals surface area contributed by atoms with Crippen molar-refractivity contribution in [3.8, 4) is 11.3 Å². The summed E-state index contributed by atoms with van der Waals surface area (Å²) in [5, 5.41) is 3.34. The first kappa shape index (κ1) is 23.7. The summed E-state index contributed by atoms with van der Waals surface area (Å²) in [6, 6.07) is 14.7. The van der Waals surface area contributed by atoms with E-state index in [-0.39, 0.29) is 0 Å². The lowest BCUT2D eigenvalue weighted by atomic mass is 10.1. The van der Waals surface area contributed by atoms with E-state index in [2.05, 4.69) is 73.4 Å². The molecule has 1 aromatic carbocycles. The van der Waals surface area contributed by atoms with Crippen molar-refractivity contribution in [3.05, 3.63) is 60.6 Å². The molecule has 0 radical (unpaired) electrons. The standard InChI is InChI=1S/C27H35N7O/c1-32-13-15-34(16-14-32)25-8-6-24(7-9-25)30-27-28-11-10-26(31-27)22-4-5-23(29-21-22)3-2-12-33-17-19-35-20-18-33/h4-11,21H,2-3,12-20H2,1H3,(H,28,30,31). The van der Waals surface area contributed by atoms with Crippen LogP contribution < -0.4 is 10.2 Å². The molecule has 2 fully saturated rings. The van der Waals surface area contributed by atoms with E-state index in [9.17, 15) is 0 Å². The summed E-state index contributed by atoms with van der Waals surface area (Å²) in [5.41, 5.74) is 5.22. The monoisotopic (exact) mass is 473 g/mol. The molecular formula is C27H35N7O. The molecule has 8 nitrogen and oxygen atoms in total. The highest BCUT2D eigenvalue weighted by Crippen LogP contribution is 2.22. The molecule has 184 valence electrons.